The predicted molar refractivity (Wildman–Crippen MR) is 137 cm³/mol. The van der Waals surface area contributed by atoms with Gasteiger partial charge in [0, 0.05) is 24.1 Å². The zero-order valence-electron chi connectivity index (χ0n) is 21.5. The van der Waals surface area contributed by atoms with Gasteiger partial charge in [0.25, 0.3) is 5.78 Å². The van der Waals surface area contributed by atoms with E-state index in [2.05, 4.69) is 4.90 Å². The maximum absolute atomic E-state index is 13.0. The molecule has 0 radical (unpaired) electrons. The number of esters is 1. The topological polar surface area (TPSA) is 140 Å². The number of carbonyl (C=O) groups is 2. The number of fused-ring (bicyclic) bond motifs is 3. The number of hydrogen-bond donors (Lipinski definition) is 2. The molecule has 1 unspecified atom stereocenters. The van der Waals surface area contributed by atoms with Crippen LogP contribution in [0.5, 0.6) is 17.2 Å². The van der Waals surface area contributed by atoms with E-state index >= 15 is 0 Å². The van der Waals surface area contributed by atoms with Crippen LogP contribution < -0.4 is 14.2 Å². The van der Waals surface area contributed by atoms with Gasteiger partial charge in [0.15, 0.2) is 11.5 Å². The molecule has 2 N–H and O–H groups in total. The first-order valence-electron chi connectivity index (χ1n) is 11.7. The molecule has 0 bridgehead atoms. The summed E-state index contributed by atoms with van der Waals surface area (Å²) in [6.07, 6.45) is 1.23. The molecule has 0 saturated heterocycles. The Morgan fingerprint density at radius 2 is 1.62 bits per heavy atom. The summed E-state index contributed by atoms with van der Waals surface area (Å²) in [5.41, 5.74) is 3.42. The zero-order chi connectivity index (χ0) is 28.7. The molecular weight excluding hydrogens is 570 g/mol. The average Bonchev–Trinajstić information content (AvgIpc) is 2.95. The van der Waals surface area contributed by atoms with Crippen molar-refractivity contribution in [3.63, 3.8) is 0 Å². The Bertz CT molecular complexity index is 1440. The summed E-state index contributed by atoms with van der Waals surface area (Å²) >= 11 is 1.47. The van der Waals surface area contributed by atoms with E-state index < -0.39 is 25.4 Å². The normalized spacial score (nSPS) is 15.2. The van der Waals surface area contributed by atoms with Crippen molar-refractivity contribution in [1.82, 2.24) is 4.90 Å². The fourth-order valence-electron chi connectivity index (χ4n) is 4.09. The molecule has 4 rings (SSSR count). The first-order valence-corrected chi connectivity index (χ1v) is 14.3. The summed E-state index contributed by atoms with van der Waals surface area (Å²) in [4.78, 5) is 27.8. The van der Waals surface area contributed by atoms with E-state index in [4.69, 9.17) is 41.7 Å². The SMILES string of the molecule is COc1ccc2c(c1)-c1c(ccc(OC)c1OC(=O)C(=O)c1ccccc1)CC(Cl)N(C)CC2.[O]=[Cr](=[O])([OH])[OH]. The van der Waals surface area contributed by atoms with Crippen LogP contribution in [0, 0.1) is 0 Å². The predicted octanol–water partition coefficient (Wildman–Crippen LogP) is 3.40. The number of carbonyl (C=O) groups excluding carboxylic acids is 2. The van der Waals surface area contributed by atoms with E-state index in [1.54, 1.807) is 43.5 Å². The molecule has 39 heavy (non-hydrogen) atoms. The van der Waals surface area contributed by atoms with Crippen LogP contribution in [0.3, 0.4) is 0 Å². The molecule has 3 aromatic carbocycles. The van der Waals surface area contributed by atoms with Crippen molar-refractivity contribution < 1.29 is 53.3 Å². The number of likely N-dealkylation sites (N-methyl/N-ethyl adjacent to an activating group) is 1. The average molecular weight is 598 g/mol. The number of rotatable bonds is 5. The Hall–Kier alpha value is -3.30. The minimum atomic E-state index is -5.25. The summed E-state index contributed by atoms with van der Waals surface area (Å²) in [5.74, 6) is -0.510. The van der Waals surface area contributed by atoms with Gasteiger partial charge in [0.1, 0.15) is 5.75 Å². The monoisotopic (exact) mass is 597 g/mol. The molecule has 0 saturated carbocycles. The van der Waals surface area contributed by atoms with Gasteiger partial charge >= 0.3 is 35.5 Å². The van der Waals surface area contributed by atoms with Gasteiger partial charge in [-0.05, 0) is 48.4 Å². The molecular formula is C27H28ClCrNO9. The van der Waals surface area contributed by atoms with E-state index in [-0.39, 0.29) is 16.8 Å². The summed E-state index contributed by atoms with van der Waals surface area (Å²) < 4.78 is 48.7. The second kappa shape index (κ2) is 13.2. The van der Waals surface area contributed by atoms with Gasteiger partial charge in [0.05, 0.1) is 19.7 Å². The number of halogens is 1. The van der Waals surface area contributed by atoms with E-state index in [1.807, 2.05) is 31.3 Å². The van der Waals surface area contributed by atoms with Crippen LogP contribution in [0.2, 0.25) is 0 Å². The number of benzene rings is 3. The second-order valence-electron chi connectivity index (χ2n) is 8.56. The molecule has 1 aliphatic rings. The Morgan fingerprint density at radius 1 is 0.974 bits per heavy atom. The Kier molecular flexibility index (Phi) is 10.2. The van der Waals surface area contributed by atoms with Crippen molar-refractivity contribution in [2.45, 2.75) is 18.3 Å². The molecule has 0 fully saturated rings. The first-order chi connectivity index (χ1) is 18.4. The molecule has 1 atom stereocenters. The van der Waals surface area contributed by atoms with Gasteiger partial charge in [0.2, 0.25) is 0 Å². The Balaban J connectivity index is 0.000000771. The third-order valence-electron chi connectivity index (χ3n) is 6.03. The van der Waals surface area contributed by atoms with Crippen molar-refractivity contribution in [1.29, 1.82) is 0 Å². The molecule has 0 aliphatic carbocycles. The molecule has 0 aromatic heterocycles. The number of ether oxygens (including phenoxy) is 3. The second-order valence-corrected chi connectivity index (χ2v) is 10.5. The first kappa shape index (κ1) is 30.2. The summed E-state index contributed by atoms with van der Waals surface area (Å²) in [6, 6.07) is 17.8. The molecule has 3 aromatic rings. The molecule has 1 aliphatic heterocycles. The van der Waals surface area contributed by atoms with E-state index in [1.165, 1.54) is 7.11 Å². The van der Waals surface area contributed by atoms with Crippen molar-refractivity contribution >= 4 is 23.4 Å². The molecule has 1 heterocycles. The van der Waals surface area contributed by atoms with Crippen molar-refractivity contribution in [3.8, 4) is 28.4 Å². The number of nitrogens with zero attached hydrogens (tertiary/aromatic N) is 1. The molecule has 208 valence electrons. The van der Waals surface area contributed by atoms with Gasteiger partial charge in [-0.3, -0.25) is 9.69 Å². The van der Waals surface area contributed by atoms with Gasteiger partial charge in [-0.15, -0.1) is 11.6 Å². The fourth-order valence-corrected chi connectivity index (χ4v) is 4.35. The van der Waals surface area contributed by atoms with Gasteiger partial charge < -0.3 is 14.2 Å². The van der Waals surface area contributed by atoms with Crippen molar-refractivity contribution in [2.75, 3.05) is 27.8 Å². The van der Waals surface area contributed by atoms with Gasteiger partial charge in [-0.1, -0.05) is 42.5 Å². The molecule has 12 heteroatoms. The van der Waals surface area contributed by atoms with E-state index in [0.717, 1.165) is 29.7 Å². The van der Waals surface area contributed by atoms with Crippen LogP contribution >= 0.6 is 11.6 Å². The summed E-state index contributed by atoms with van der Waals surface area (Å²) in [7, 11) is 5.08. The Morgan fingerprint density at radius 3 is 2.23 bits per heavy atom. The quantitative estimate of drug-likeness (QED) is 0.112. The maximum atomic E-state index is 13.0. The minimum absolute atomic E-state index is 0.192. The molecule has 0 spiro atoms. The molecule has 10 nitrogen and oxygen atoms in total. The molecule has 0 amide bonds. The number of hydrogen-bond acceptors (Lipinski definition) is 8. The van der Waals surface area contributed by atoms with Gasteiger partial charge in [-0.2, -0.15) is 0 Å². The summed E-state index contributed by atoms with van der Waals surface area (Å²) in [5, 5.41) is 0. The Labute approximate surface area is 233 Å². The third kappa shape index (κ3) is 8.10. The third-order valence-corrected chi connectivity index (χ3v) is 6.52. The number of methoxy groups -OCH3 is 2. The van der Waals surface area contributed by atoms with E-state index in [9.17, 15) is 9.59 Å². The van der Waals surface area contributed by atoms with Crippen LogP contribution in [0.1, 0.15) is 21.5 Å². The summed E-state index contributed by atoms with van der Waals surface area (Å²) in [6.45, 7) is 0.750. The van der Waals surface area contributed by atoms with Crippen LogP contribution in [0.25, 0.3) is 11.1 Å². The van der Waals surface area contributed by atoms with Crippen LogP contribution in [0.4, 0.5) is 0 Å². The van der Waals surface area contributed by atoms with Gasteiger partial charge in [-0.25, -0.2) is 4.79 Å². The fraction of sp³-hybridized carbons (Fsp3) is 0.259. The van der Waals surface area contributed by atoms with Crippen molar-refractivity contribution in [3.05, 3.63) is 77.4 Å². The number of alkyl halides is 1. The standard InChI is InChI=1S/C27H26ClNO5.Cr.2H2O.2O/c1-29-14-13-17-9-11-20(32-2)16-21(17)24-19(15-23(29)28)10-12-22(33-3)26(24)34-27(31)25(30)18-7-5-4-6-8-18;;;;;/h4-12,16,23H,13-15H2,1-3H3;;2*1H2;;/q;+2;;;;/p-2. The van der Waals surface area contributed by atoms with E-state index in [0.29, 0.717) is 23.5 Å². The van der Waals surface area contributed by atoms with Crippen LogP contribution in [-0.2, 0) is 38.9 Å². The van der Waals surface area contributed by atoms with Crippen LogP contribution in [-0.4, -0.2) is 58.3 Å². The van der Waals surface area contributed by atoms with Crippen molar-refractivity contribution in [2.24, 2.45) is 0 Å². The van der Waals surface area contributed by atoms with Crippen LogP contribution in [0.15, 0.2) is 60.7 Å². The number of ketones is 1. The number of Topliss-reactive ketones (excluding diaryl/α,β-unsaturated/α-hetero) is 1. The zero-order valence-corrected chi connectivity index (χ0v) is 23.5.